The molecule has 0 amide bonds. The van der Waals surface area contributed by atoms with Crippen molar-refractivity contribution in [1.82, 2.24) is 4.90 Å². The third-order valence-electron chi connectivity index (χ3n) is 3.71. The summed E-state index contributed by atoms with van der Waals surface area (Å²) in [6.07, 6.45) is 0. The highest BCUT2D eigenvalue weighted by Gasteiger charge is 2.21. The summed E-state index contributed by atoms with van der Waals surface area (Å²) in [5.74, 6) is 1.19. The number of benzene rings is 1. The van der Waals surface area contributed by atoms with Crippen molar-refractivity contribution in [2.24, 2.45) is 4.99 Å². The Labute approximate surface area is 110 Å². The molecule has 98 valence electrons. The number of nitrogens with zero attached hydrogens (tertiary/aromatic N) is 2. The summed E-state index contributed by atoms with van der Waals surface area (Å²) in [5.41, 5.74) is 3.87. The molecular formula is C15H23N3. The molecule has 3 nitrogen and oxygen atoms in total. The number of aliphatic imine (C=N–C) groups is 1. The lowest BCUT2D eigenvalue weighted by Gasteiger charge is -2.25. The van der Waals surface area contributed by atoms with Gasteiger partial charge in [-0.1, -0.05) is 12.1 Å². The van der Waals surface area contributed by atoms with E-state index >= 15 is 0 Å². The Morgan fingerprint density at radius 2 is 2.17 bits per heavy atom. The van der Waals surface area contributed by atoms with Crippen LogP contribution in [0.3, 0.4) is 0 Å². The van der Waals surface area contributed by atoms with Crippen LogP contribution in [0.1, 0.15) is 25.0 Å². The average molecular weight is 245 g/mol. The fourth-order valence-corrected chi connectivity index (χ4v) is 2.44. The van der Waals surface area contributed by atoms with E-state index in [0.29, 0.717) is 0 Å². The number of nitrogens with one attached hydrogen (secondary N) is 1. The molecule has 1 unspecified atom stereocenters. The molecule has 0 spiro atoms. The highest BCUT2D eigenvalue weighted by molar-refractivity contribution is 5.90. The predicted octanol–water partition coefficient (Wildman–Crippen LogP) is 2.84. The molecule has 0 saturated carbocycles. The van der Waals surface area contributed by atoms with Gasteiger partial charge < -0.3 is 10.2 Å². The molecule has 0 bridgehead atoms. The maximum Gasteiger partial charge on any atom is 0.121 e. The van der Waals surface area contributed by atoms with Crippen LogP contribution in [0.4, 0.5) is 5.69 Å². The highest BCUT2D eigenvalue weighted by Crippen LogP contribution is 2.20. The Balaban J connectivity index is 2.12. The van der Waals surface area contributed by atoms with Crippen molar-refractivity contribution < 1.29 is 0 Å². The van der Waals surface area contributed by atoms with Gasteiger partial charge >= 0.3 is 0 Å². The first kappa shape index (κ1) is 12.9. The lowest BCUT2D eigenvalue weighted by Crippen LogP contribution is -2.38. The third-order valence-corrected chi connectivity index (χ3v) is 3.71. The first-order valence-corrected chi connectivity index (χ1v) is 6.75. The van der Waals surface area contributed by atoms with Gasteiger partial charge in [-0.3, -0.25) is 4.99 Å². The maximum absolute atomic E-state index is 4.62. The molecule has 1 heterocycles. The van der Waals surface area contributed by atoms with Gasteiger partial charge in [0, 0.05) is 18.8 Å². The quantitative estimate of drug-likeness (QED) is 0.883. The van der Waals surface area contributed by atoms with Crippen LogP contribution < -0.4 is 5.32 Å². The van der Waals surface area contributed by atoms with E-state index in [9.17, 15) is 0 Å². The zero-order valence-electron chi connectivity index (χ0n) is 11.8. The second-order valence-corrected chi connectivity index (χ2v) is 4.93. The van der Waals surface area contributed by atoms with E-state index in [2.05, 4.69) is 61.1 Å². The normalized spacial score (nSPS) is 16.7. The molecule has 2 rings (SSSR count). The van der Waals surface area contributed by atoms with Gasteiger partial charge in [0.1, 0.15) is 5.84 Å². The van der Waals surface area contributed by atoms with Crippen LogP contribution in [-0.2, 0) is 0 Å². The largest absolute Gasteiger partial charge is 0.375 e. The number of likely N-dealkylation sites (N-methyl/N-ethyl adjacent to an activating group) is 1. The Hall–Kier alpha value is -1.51. The second kappa shape index (κ2) is 5.42. The van der Waals surface area contributed by atoms with Crippen molar-refractivity contribution in [3.8, 4) is 0 Å². The van der Waals surface area contributed by atoms with E-state index < -0.39 is 0 Å². The van der Waals surface area contributed by atoms with Crippen LogP contribution >= 0.6 is 0 Å². The Bertz CT molecular complexity index is 451. The van der Waals surface area contributed by atoms with Crippen LogP contribution in [0, 0.1) is 13.8 Å². The van der Waals surface area contributed by atoms with Gasteiger partial charge in [-0.2, -0.15) is 0 Å². The zero-order valence-corrected chi connectivity index (χ0v) is 11.8. The summed E-state index contributed by atoms with van der Waals surface area (Å²) in [4.78, 5) is 6.97. The summed E-state index contributed by atoms with van der Waals surface area (Å²) >= 11 is 0. The fraction of sp³-hybridized carbons (Fsp3) is 0.533. The van der Waals surface area contributed by atoms with E-state index in [0.717, 1.165) is 19.6 Å². The van der Waals surface area contributed by atoms with Crippen molar-refractivity contribution in [3.63, 3.8) is 0 Å². The molecule has 0 aliphatic carbocycles. The predicted molar refractivity (Wildman–Crippen MR) is 78.5 cm³/mol. The average Bonchev–Trinajstić information content (AvgIpc) is 2.83. The van der Waals surface area contributed by atoms with Crippen molar-refractivity contribution in [3.05, 3.63) is 29.3 Å². The Morgan fingerprint density at radius 3 is 2.89 bits per heavy atom. The zero-order chi connectivity index (χ0) is 13.1. The van der Waals surface area contributed by atoms with Crippen molar-refractivity contribution in [2.45, 2.75) is 33.7 Å². The molecule has 3 heteroatoms. The number of anilines is 1. The second-order valence-electron chi connectivity index (χ2n) is 4.93. The molecule has 1 atom stereocenters. The van der Waals surface area contributed by atoms with Crippen LogP contribution in [0.5, 0.6) is 0 Å². The minimum atomic E-state index is 0.271. The van der Waals surface area contributed by atoms with Crippen molar-refractivity contribution >= 4 is 11.5 Å². The standard InChI is InChI=1S/C15H23N3/c1-5-18-10-9-16-15(18)13(4)17-14-8-6-7-11(2)12(14)3/h6-8,13,17H,5,9-10H2,1-4H3. The topological polar surface area (TPSA) is 27.6 Å². The minimum Gasteiger partial charge on any atom is -0.375 e. The van der Waals surface area contributed by atoms with Crippen LogP contribution in [-0.4, -0.2) is 36.4 Å². The molecule has 1 aliphatic heterocycles. The highest BCUT2D eigenvalue weighted by atomic mass is 15.3. The molecule has 0 aromatic heterocycles. The van der Waals surface area contributed by atoms with Crippen LogP contribution in [0.2, 0.25) is 0 Å². The van der Waals surface area contributed by atoms with E-state index in [4.69, 9.17) is 0 Å². The first-order valence-electron chi connectivity index (χ1n) is 6.75. The van der Waals surface area contributed by atoms with E-state index in [1.807, 2.05) is 0 Å². The van der Waals surface area contributed by atoms with Crippen LogP contribution in [0.25, 0.3) is 0 Å². The van der Waals surface area contributed by atoms with Crippen LogP contribution in [0.15, 0.2) is 23.2 Å². The lowest BCUT2D eigenvalue weighted by molar-refractivity contribution is 0.472. The number of amidine groups is 1. The summed E-state index contributed by atoms with van der Waals surface area (Å²) in [6, 6.07) is 6.67. The third kappa shape index (κ3) is 2.50. The number of hydrogen-bond acceptors (Lipinski definition) is 3. The van der Waals surface area contributed by atoms with Gasteiger partial charge in [-0.25, -0.2) is 0 Å². The minimum absolute atomic E-state index is 0.271. The molecule has 0 saturated heterocycles. The number of aryl methyl sites for hydroxylation is 1. The maximum atomic E-state index is 4.62. The summed E-state index contributed by atoms with van der Waals surface area (Å²) in [6.45, 7) is 11.7. The van der Waals surface area contributed by atoms with Gasteiger partial charge in [0.2, 0.25) is 0 Å². The molecule has 0 radical (unpaired) electrons. The monoisotopic (exact) mass is 245 g/mol. The van der Waals surface area contributed by atoms with Crippen molar-refractivity contribution in [2.75, 3.05) is 25.0 Å². The summed E-state index contributed by atoms with van der Waals surface area (Å²) < 4.78 is 0. The molecule has 18 heavy (non-hydrogen) atoms. The van der Waals surface area contributed by atoms with E-state index in [1.165, 1.54) is 22.6 Å². The smallest absolute Gasteiger partial charge is 0.121 e. The Morgan fingerprint density at radius 1 is 1.39 bits per heavy atom. The van der Waals surface area contributed by atoms with Gasteiger partial charge in [0.05, 0.1) is 12.6 Å². The summed E-state index contributed by atoms with van der Waals surface area (Å²) in [7, 11) is 0. The van der Waals surface area contributed by atoms with E-state index in [-0.39, 0.29) is 6.04 Å². The molecule has 1 aromatic rings. The number of hydrogen-bond donors (Lipinski definition) is 1. The molecule has 1 aromatic carbocycles. The van der Waals surface area contributed by atoms with E-state index in [1.54, 1.807) is 0 Å². The Kier molecular flexibility index (Phi) is 3.90. The van der Waals surface area contributed by atoms with Gasteiger partial charge in [-0.15, -0.1) is 0 Å². The fourth-order valence-electron chi connectivity index (χ4n) is 2.44. The first-order chi connectivity index (χ1) is 8.63. The molecule has 0 fully saturated rings. The van der Waals surface area contributed by atoms with Crippen molar-refractivity contribution in [1.29, 1.82) is 0 Å². The molecule has 1 N–H and O–H groups in total. The summed E-state index contributed by atoms with van der Waals surface area (Å²) in [5, 5.41) is 3.58. The van der Waals surface area contributed by atoms with Gasteiger partial charge in [0.15, 0.2) is 0 Å². The SMILES string of the molecule is CCN1CCN=C1C(C)Nc1cccc(C)c1C. The van der Waals surface area contributed by atoms with Gasteiger partial charge in [-0.05, 0) is 44.9 Å². The molecule has 1 aliphatic rings. The number of rotatable bonds is 4. The molecular weight excluding hydrogens is 222 g/mol. The van der Waals surface area contributed by atoms with Gasteiger partial charge in [0.25, 0.3) is 0 Å². The lowest BCUT2D eigenvalue weighted by atomic mass is 10.1.